The third kappa shape index (κ3) is 6.66. The van der Waals surface area contributed by atoms with Gasteiger partial charge in [0.15, 0.2) is 8.80 Å². The summed E-state index contributed by atoms with van der Waals surface area (Å²) in [6.45, 7) is 0. The first-order valence-corrected chi connectivity index (χ1v) is 18.7. The van der Waals surface area contributed by atoms with Crippen LogP contribution in [-0.2, 0) is 0 Å². The van der Waals surface area contributed by atoms with Crippen LogP contribution < -0.4 is 36.8 Å². The predicted octanol–water partition coefficient (Wildman–Crippen LogP) is 5.77. The zero-order valence-electron chi connectivity index (χ0n) is 23.1. The molecule has 6 rings (SSSR count). The van der Waals surface area contributed by atoms with Crippen LogP contribution in [0.3, 0.4) is 0 Å². The molecule has 1 atom stereocenters. The Morgan fingerprint density at radius 1 is 0.341 bits per heavy atom. The normalized spacial score (nSPS) is 12.0. The van der Waals surface area contributed by atoms with Gasteiger partial charge in [0.05, 0.1) is 0 Å². The standard InChI is InChI=1S/C38H33P2Si/c1-6-18-32(19-7-1)39(33-20-8-2-9-21-33)30-31-40(34-22-10-3-11-23-34)37-28-16-17-29-38(37)41(35-24-12-4-13-25-35)36-26-14-5-15-27-36/h1-29H,30-31H2. The minimum atomic E-state index is -1.18. The van der Waals surface area contributed by atoms with Crippen LogP contribution in [0.5, 0.6) is 0 Å². The monoisotopic (exact) mass is 579 g/mol. The summed E-state index contributed by atoms with van der Waals surface area (Å²) in [4.78, 5) is 0. The van der Waals surface area contributed by atoms with Gasteiger partial charge in [-0.1, -0.05) is 186 Å². The molecule has 6 aromatic rings. The third-order valence-electron chi connectivity index (χ3n) is 7.34. The van der Waals surface area contributed by atoms with E-state index in [-0.39, 0.29) is 0 Å². The van der Waals surface area contributed by atoms with Crippen LogP contribution in [0.15, 0.2) is 176 Å². The van der Waals surface area contributed by atoms with E-state index in [1.807, 2.05) is 0 Å². The molecule has 0 aliphatic rings. The van der Waals surface area contributed by atoms with Gasteiger partial charge in [0.2, 0.25) is 0 Å². The Bertz CT molecular complexity index is 1550. The lowest BCUT2D eigenvalue weighted by atomic mass is 10.3. The number of rotatable bonds is 10. The summed E-state index contributed by atoms with van der Waals surface area (Å²) in [6, 6.07) is 65.3. The van der Waals surface area contributed by atoms with Crippen molar-refractivity contribution in [2.45, 2.75) is 0 Å². The van der Waals surface area contributed by atoms with Gasteiger partial charge in [-0.05, 0) is 54.6 Å². The highest BCUT2D eigenvalue weighted by Gasteiger charge is 2.27. The maximum atomic E-state index is 2.43. The molecule has 3 heteroatoms. The molecule has 0 aliphatic carbocycles. The van der Waals surface area contributed by atoms with E-state index in [0.29, 0.717) is 0 Å². The second-order valence-corrected chi connectivity index (χ2v) is 17.0. The molecule has 0 amide bonds. The molecule has 0 saturated heterocycles. The average Bonchev–Trinajstić information content (AvgIpc) is 3.06. The average molecular weight is 580 g/mol. The molecule has 0 fully saturated rings. The molecule has 0 aromatic heterocycles. The summed E-state index contributed by atoms with van der Waals surface area (Å²) in [5.74, 6) is 0. The van der Waals surface area contributed by atoms with Gasteiger partial charge < -0.3 is 0 Å². The van der Waals surface area contributed by atoms with Gasteiger partial charge in [-0.2, -0.15) is 0 Å². The van der Waals surface area contributed by atoms with Crippen LogP contribution in [0.25, 0.3) is 0 Å². The van der Waals surface area contributed by atoms with Gasteiger partial charge in [0.25, 0.3) is 0 Å². The molecular weight excluding hydrogens is 546 g/mol. The van der Waals surface area contributed by atoms with Crippen molar-refractivity contribution in [1.82, 2.24) is 0 Å². The molecule has 0 spiro atoms. The van der Waals surface area contributed by atoms with E-state index in [9.17, 15) is 0 Å². The summed E-state index contributed by atoms with van der Waals surface area (Å²) < 4.78 is 0. The molecule has 1 unspecified atom stereocenters. The summed E-state index contributed by atoms with van der Waals surface area (Å²) in [5, 5.41) is 10.3. The first-order chi connectivity index (χ1) is 20.4. The number of benzene rings is 6. The molecule has 0 heterocycles. The van der Waals surface area contributed by atoms with Crippen LogP contribution in [0, 0.1) is 0 Å². The number of hydrogen-bond donors (Lipinski definition) is 0. The van der Waals surface area contributed by atoms with E-state index in [1.165, 1.54) is 36.8 Å². The Labute approximate surface area is 248 Å². The second-order valence-electron chi connectivity index (χ2n) is 9.93. The maximum Gasteiger partial charge on any atom is 0.155 e. The van der Waals surface area contributed by atoms with E-state index in [4.69, 9.17) is 0 Å². The van der Waals surface area contributed by atoms with Crippen molar-refractivity contribution in [3.63, 3.8) is 0 Å². The van der Waals surface area contributed by atoms with Crippen molar-refractivity contribution in [3.8, 4) is 0 Å². The van der Waals surface area contributed by atoms with Crippen LogP contribution in [-0.4, -0.2) is 21.1 Å². The molecule has 0 aliphatic heterocycles. The van der Waals surface area contributed by atoms with Gasteiger partial charge in [-0.15, -0.1) is 0 Å². The quantitative estimate of drug-likeness (QED) is 0.110. The molecule has 0 nitrogen and oxygen atoms in total. The van der Waals surface area contributed by atoms with Crippen LogP contribution in [0.4, 0.5) is 0 Å². The highest BCUT2D eigenvalue weighted by Crippen LogP contribution is 2.41. The van der Waals surface area contributed by atoms with Crippen molar-refractivity contribution in [1.29, 1.82) is 0 Å². The smallest absolute Gasteiger partial charge is 0.0624 e. The van der Waals surface area contributed by atoms with E-state index >= 15 is 0 Å². The highest BCUT2D eigenvalue weighted by atomic mass is 31.1. The third-order valence-corrected chi connectivity index (χ3v) is 15.8. The predicted molar refractivity (Wildman–Crippen MR) is 185 cm³/mol. The lowest BCUT2D eigenvalue weighted by molar-refractivity contribution is 1.51. The molecule has 41 heavy (non-hydrogen) atoms. The Kier molecular flexibility index (Phi) is 9.31. The van der Waals surface area contributed by atoms with E-state index in [1.54, 1.807) is 0 Å². The molecule has 0 N–H and O–H groups in total. The fourth-order valence-electron chi connectivity index (χ4n) is 5.43. The zero-order chi connectivity index (χ0) is 27.7. The van der Waals surface area contributed by atoms with E-state index < -0.39 is 24.6 Å². The molecule has 6 aromatic carbocycles. The highest BCUT2D eigenvalue weighted by molar-refractivity contribution is 7.77. The minimum Gasteiger partial charge on any atom is -0.0624 e. The summed E-state index contributed by atoms with van der Waals surface area (Å²) >= 11 is 0. The molecule has 199 valence electrons. The zero-order valence-corrected chi connectivity index (χ0v) is 25.8. The summed E-state index contributed by atoms with van der Waals surface area (Å²) in [7, 11) is -2.19. The number of hydrogen-bond acceptors (Lipinski definition) is 0. The fraction of sp³-hybridized carbons (Fsp3) is 0.0526. The van der Waals surface area contributed by atoms with E-state index in [2.05, 4.69) is 176 Å². The van der Waals surface area contributed by atoms with E-state index in [0.717, 1.165) is 12.3 Å². The first-order valence-electron chi connectivity index (χ1n) is 14.2. The Morgan fingerprint density at radius 3 is 1.15 bits per heavy atom. The second kappa shape index (κ2) is 13.8. The molecule has 1 radical (unpaired) electrons. The topological polar surface area (TPSA) is 0 Å². The van der Waals surface area contributed by atoms with Crippen molar-refractivity contribution in [2.75, 3.05) is 12.3 Å². The van der Waals surface area contributed by atoms with Gasteiger partial charge in [0.1, 0.15) is 0 Å². The molecule has 0 bridgehead atoms. The van der Waals surface area contributed by atoms with Crippen LogP contribution in [0.1, 0.15) is 0 Å². The SMILES string of the molecule is c1ccc([Si](c2ccccc2)c2ccccc2P(CCP(c2ccccc2)c2ccccc2)c2ccccc2)cc1. The lowest BCUT2D eigenvalue weighted by Gasteiger charge is -2.28. The van der Waals surface area contributed by atoms with Crippen molar-refractivity contribution >= 4 is 61.4 Å². The molecule has 0 saturated carbocycles. The lowest BCUT2D eigenvalue weighted by Crippen LogP contribution is -2.56. The Hall–Kier alpha value is -3.60. The summed E-state index contributed by atoms with van der Waals surface area (Å²) in [5.41, 5.74) is 0. The van der Waals surface area contributed by atoms with Crippen molar-refractivity contribution < 1.29 is 0 Å². The van der Waals surface area contributed by atoms with Gasteiger partial charge >= 0.3 is 0 Å². The molecular formula is C38H33P2Si. The Morgan fingerprint density at radius 2 is 0.683 bits per heavy atom. The van der Waals surface area contributed by atoms with Crippen LogP contribution in [0.2, 0.25) is 0 Å². The van der Waals surface area contributed by atoms with Crippen molar-refractivity contribution in [3.05, 3.63) is 176 Å². The largest absolute Gasteiger partial charge is 0.155 e. The van der Waals surface area contributed by atoms with Gasteiger partial charge in [0, 0.05) is 0 Å². The minimum absolute atomic E-state index is 0.452. The summed E-state index contributed by atoms with van der Waals surface area (Å²) in [6.07, 6.45) is 2.32. The maximum absolute atomic E-state index is 2.43. The van der Waals surface area contributed by atoms with Gasteiger partial charge in [-0.25, -0.2) is 0 Å². The Balaban J connectivity index is 1.44. The fourth-order valence-corrected chi connectivity index (χ4v) is 14.2. The van der Waals surface area contributed by atoms with Gasteiger partial charge in [-0.3, -0.25) is 0 Å². The first kappa shape index (κ1) is 27.6. The van der Waals surface area contributed by atoms with Crippen molar-refractivity contribution in [2.24, 2.45) is 0 Å². The van der Waals surface area contributed by atoms with Crippen LogP contribution >= 0.6 is 15.8 Å².